The standard InChI is InChI=1S/C31H28FN5O2/c1-3-25-24-20-36(31(38)33-26-12-7-8-14-28(26)39-2)29(21-15-17-22(32)18-16-21)27-13-9-19-35(27)30(24)37(34-25)23-10-5-4-6-11-23/h4-19,29H,3,20H2,1-2H3,(H,33,38)/t29-/m0/s1. The third-order valence-electron chi connectivity index (χ3n) is 7.10. The van der Waals surface area contributed by atoms with Gasteiger partial charge in [0.1, 0.15) is 17.4 Å². The molecule has 1 N–H and O–H groups in total. The lowest BCUT2D eigenvalue weighted by molar-refractivity contribution is 0.194. The van der Waals surface area contributed by atoms with E-state index in [-0.39, 0.29) is 11.8 Å². The second kappa shape index (κ2) is 10.1. The molecule has 39 heavy (non-hydrogen) atoms. The summed E-state index contributed by atoms with van der Waals surface area (Å²) in [5.74, 6) is 1.12. The van der Waals surface area contributed by atoms with Crippen LogP contribution in [0.2, 0.25) is 0 Å². The van der Waals surface area contributed by atoms with Gasteiger partial charge in [-0.25, -0.2) is 13.9 Å². The Labute approximate surface area is 226 Å². The van der Waals surface area contributed by atoms with Crippen molar-refractivity contribution in [2.24, 2.45) is 0 Å². The molecule has 196 valence electrons. The van der Waals surface area contributed by atoms with Gasteiger partial charge in [-0.15, -0.1) is 0 Å². The second-order valence-corrected chi connectivity index (χ2v) is 9.37. The van der Waals surface area contributed by atoms with Gasteiger partial charge in [0.05, 0.1) is 42.5 Å². The molecule has 5 aromatic rings. The molecule has 3 aromatic carbocycles. The van der Waals surface area contributed by atoms with Crippen molar-refractivity contribution in [2.75, 3.05) is 12.4 Å². The Hall–Kier alpha value is -4.85. The van der Waals surface area contributed by atoms with Gasteiger partial charge in [-0.2, -0.15) is 5.10 Å². The largest absolute Gasteiger partial charge is 0.495 e. The molecule has 0 fully saturated rings. The quantitative estimate of drug-likeness (QED) is 0.287. The molecule has 0 aliphatic carbocycles. The Balaban J connectivity index is 1.55. The van der Waals surface area contributed by atoms with Crippen molar-refractivity contribution in [2.45, 2.75) is 25.9 Å². The summed E-state index contributed by atoms with van der Waals surface area (Å²) in [5.41, 5.74) is 5.03. The van der Waals surface area contributed by atoms with E-state index in [9.17, 15) is 9.18 Å². The summed E-state index contributed by atoms with van der Waals surface area (Å²) in [6.45, 7) is 2.37. The molecule has 7 nitrogen and oxygen atoms in total. The predicted molar refractivity (Wildman–Crippen MR) is 148 cm³/mol. The number of hydrogen-bond acceptors (Lipinski definition) is 3. The highest BCUT2D eigenvalue weighted by Crippen LogP contribution is 2.39. The van der Waals surface area contributed by atoms with Gasteiger partial charge in [0.2, 0.25) is 0 Å². The lowest BCUT2D eigenvalue weighted by atomic mass is 10.0. The number of aromatic nitrogens is 3. The number of carbonyl (C=O) groups is 1. The van der Waals surface area contributed by atoms with Gasteiger partial charge in [0.15, 0.2) is 0 Å². The topological polar surface area (TPSA) is 64.3 Å². The molecular weight excluding hydrogens is 493 g/mol. The number of halogens is 1. The van der Waals surface area contributed by atoms with Crippen LogP contribution in [-0.4, -0.2) is 32.4 Å². The van der Waals surface area contributed by atoms with Crippen molar-refractivity contribution >= 4 is 11.7 Å². The van der Waals surface area contributed by atoms with Crippen LogP contribution in [0.3, 0.4) is 0 Å². The SMILES string of the molecule is CCc1nn(-c2ccccc2)c2c1CN(C(=O)Nc1ccccc1OC)[C@@H](c1ccc(F)cc1)c1cccn1-2. The average Bonchev–Trinajstić information content (AvgIpc) is 3.55. The summed E-state index contributed by atoms with van der Waals surface area (Å²) >= 11 is 0. The maximum atomic E-state index is 14.1. The van der Waals surface area contributed by atoms with E-state index in [4.69, 9.17) is 9.84 Å². The lowest BCUT2D eigenvalue weighted by Gasteiger charge is -2.31. The monoisotopic (exact) mass is 521 g/mol. The summed E-state index contributed by atoms with van der Waals surface area (Å²) < 4.78 is 23.5. The van der Waals surface area contributed by atoms with E-state index in [1.165, 1.54) is 12.1 Å². The lowest BCUT2D eigenvalue weighted by Crippen LogP contribution is -2.38. The highest BCUT2D eigenvalue weighted by molar-refractivity contribution is 5.91. The molecule has 0 unspecified atom stereocenters. The Bertz CT molecular complexity index is 1620. The Morgan fingerprint density at radius 1 is 1.00 bits per heavy atom. The minimum atomic E-state index is -0.489. The number of methoxy groups -OCH3 is 1. The van der Waals surface area contributed by atoms with Crippen LogP contribution in [0.5, 0.6) is 5.75 Å². The van der Waals surface area contributed by atoms with Gasteiger partial charge in [-0.05, 0) is 60.5 Å². The van der Waals surface area contributed by atoms with Crippen LogP contribution in [0.15, 0.2) is 97.2 Å². The van der Waals surface area contributed by atoms with Crippen molar-refractivity contribution in [1.29, 1.82) is 0 Å². The number of amides is 2. The molecule has 1 atom stereocenters. The number of para-hydroxylation sites is 3. The van der Waals surface area contributed by atoms with Crippen LogP contribution < -0.4 is 10.1 Å². The average molecular weight is 522 g/mol. The Morgan fingerprint density at radius 2 is 1.74 bits per heavy atom. The molecular formula is C31H28FN5O2. The van der Waals surface area contributed by atoms with Crippen molar-refractivity contribution in [3.8, 4) is 17.3 Å². The van der Waals surface area contributed by atoms with Crippen LogP contribution in [0.4, 0.5) is 14.9 Å². The first-order chi connectivity index (χ1) is 19.1. The van der Waals surface area contributed by atoms with Gasteiger partial charge >= 0.3 is 6.03 Å². The maximum absolute atomic E-state index is 14.1. The number of ether oxygens (including phenoxy) is 1. The molecule has 2 amide bonds. The van der Waals surface area contributed by atoms with Crippen LogP contribution in [-0.2, 0) is 13.0 Å². The van der Waals surface area contributed by atoms with Crippen molar-refractivity contribution < 1.29 is 13.9 Å². The minimum Gasteiger partial charge on any atom is -0.495 e. The van der Waals surface area contributed by atoms with Gasteiger partial charge < -0.3 is 19.5 Å². The normalized spacial score (nSPS) is 14.3. The van der Waals surface area contributed by atoms with E-state index in [2.05, 4.69) is 16.8 Å². The smallest absolute Gasteiger partial charge is 0.323 e. The first-order valence-electron chi connectivity index (χ1n) is 12.9. The summed E-state index contributed by atoms with van der Waals surface area (Å²) in [6.07, 6.45) is 2.69. The third kappa shape index (κ3) is 4.33. The van der Waals surface area contributed by atoms with Crippen LogP contribution in [0.25, 0.3) is 11.5 Å². The molecule has 2 aromatic heterocycles. The maximum Gasteiger partial charge on any atom is 0.323 e. The number of nitrogens with one attached hydrogen (secondary N) is 1. The number of aryl methyl sites for hydroxylation is 1. The van der Waals surface area contributed by atoms with Crippen molar-refractivity contribution in [3.63, 3.8) is 0 Å². The zero-order chi connectivity index (χ0) is 26.9. The third-order valence-corrected chi connectivity index (χ3v) is 7.10. The molecule has 0 spiro atoms. The van der Waals surface area contributed by atoms with Gasteiger partial charge in [-0.3, -0.25) is 0 Å². The fourth-order valence-corrected chi connectivity index (χ4v) is 5.28. The predicted octanol–water partition coefficient (Wildman–Crippen LogP) is 6.51. The first kappa shape index (κ1) is 24.5. The number of nitrogens with zero attached hydrogens (tertiary/aromatic N) is 4. The molecule has 3 heterocycles. The van der Waals surface area contributed by atoms with Crippen LogP contribution in [0, 0.1) is 5.82 Å². The fraction of sp³-hybridized carbons (Fsp3) is 0.161. The van der Waals surface area contributed by atoms with Crippen molar-refractivity contribution in [3.05, 3.63) is 126 Å². The number of carbonyl (C=O) groups excluding carboxylic acids is 1. The zero-order valence-electron chi connectivity index (χ0n) is 21.7. The summed E-state index contributed by atoms with van der Waals surface area (Å²) in [6, 6.07) is 26.8. The van der Waals surface area contributed by atoms with E-state index in [0.717, 1.165) is 34.0 Å². The number of benzene rings is 3. The van der Waals surface area contributed by atoms with E-state index >= 15 is 0 Å². The molecule has 0 bridgehead atoms. The van der Waals surface area contributed by atoms with E-state index in [1.54, 1.807) is 36.3 Å². The Kier molecular flexibility index (Phi) is 6.36. The van der Waals surface area contributed by atoms with Gasteiger partial charge in [-0.1, -0.05) is 49.4 Å². The van der Waals surface area contributed by atoms with Crippen molar-refractivity contribution in [1.82, 2.24) is 19.2 Å². The second-order valence-electron chi connectivity index (χ2n) is 9.37. The minimum absolute atomic E-state index is 0.302. The van der Waals surface area contributed by atoms with Gasteiger partial charge in [0.25, 0.3) is 0 Å². The number of fused-ring (bicyclic) bond motifs is 3. The van der Waals surface area contributed by atoms with Crippen LogP contribution in [0.1, 0.15) is 35.5 Å². The van der Waals surface area contributed by atoms with E-state index in [0.29, 0.717) is 24.4 Å². The zero-order valence-corrected chi connectivity index (χ0v) is 21.7. The summed E-state index contributed by atoms with van der Waals surface area (Å²) in [5, 5.41) is 8.03. The molecule has 0 saturated heterocycles. The first-order valence-corrected chi connectivity index (χ1v) is 12.9. The van der Waals surface area contributed by atoms with E-state index in [1.807, 2.05) is 65.5 Å². The molecule has 1 aliphatic rings. The Morgan fingerprint density at radius 3 is 2.49 bits per heavy atom. The highest BCUT2D eigenvalue weighted by atomic mass is 19.1. The molecule has 0 saturated carbocycles. The van der Waals surface area contributed by atoms with Gasteiger partial charge in [0, 0.05) is 11.8 Å². The molecule has 8 heteroatoms. The fourth-order valence-electron chi connectivity index (χ4n) is 5.28. The number of hydrogen-bond donors (Lipinski definition) is 1. The number of rotatable bonds is 5. The van der Waals surface area contributed by atoms with E-state index < -0.39 is 6.04 Å². The molecule has 6 rings (SSSR count). The molecule has 1 aliphatic heterocycles. The van der Waals surface area contributed by atoms with Crippen LogP contribution >= 0.6 is 0 Å². The summed E-state index contributed by atoms with van der Waals surface area (Å²) in [7, 11) is 1.57. The number of anilines is 1. The highest BCUT2D eigenvalue weighted by Gasteiger charge is 2.36. The molecule has 0 radical (unpaired) electrons. The number of urea groups is 1. The summed E-state index contributed by atoms with van der Waals surface area (Å²) in [4.78, 5) is 15.9.